The zero-order valence-corrected chi connectivity index (χ0v) is 11.4. The number of carbonyl (C=O) groups is 1. The summed E-state index contributed by atoms with van der Waals surface area (Å²) in [7, 11) is 0. The minimum absolute atomic E-state index is 0.310. The van der Waals surface area contributed by atoms with E-state index < -0.39 is 0 Å². The molecular formula is C16H22O2. The Morgan fingerprint density at radius 2 is 1.83 bits per heavy atom. The molecule has 0 heterocycles. The number of hydrogen-bond acceptors (Lipinski definition) is 2. The lowest BCUT2D eigenvalue weighted by molar-refractivity contribution is -0.130. The van der Waals surface area contributed by atoms with E-state index in [0.717, 1.165) is 24.8 Å². The van der Waals surface area contributed by atoms with Crippen LogP contribution in [-0.2, 0) is 4.79 Å². The fraction of sp³-hybridized carbons (Fsp3) is 0.438. The summed E-state index contributed by atoms with van der Waals surface area (Å²) < 4.78 is 5.25. The first-order valence-corrected chi connectivity index (χ1v) is 6.60. The smallest absolute Gasteiger partial charge is 0.338 e. The number of hydrogen-bond donors (Lipinski definition) is 0. The maximum Gasteiger partial charge on any atom is 0.338 e. The van der Waals surface area contributed by atoms with Crippen LogP contribution in [0.1, 0.15) is 44.6 Å². The SMILES string of the molecule is C=C(CCCCCC)C(=O)Oc1ccc(C)cc1. The number of benzene rings is 1. The summed E-state index contributed by atoms with van der Waals surface area (Å²) in [6.45, 7) is 7.96. The fourth-order valence-electron chi connectivity index (χ4n) is 1.65. The molecule has 0 atom stereocenters. The van der Waals surface area contributed by atoms with Crippen LogP contribution in [0.2, 0.25) is 0 Å². The number of esters is 1. The zero-order valence-electron chi connectivity index (χ0n) is 11.4. The summed E-state index contributed by atoms with van der Waals surface area (Å²) in [5.74, 6) is 0.274. The van der Waals surface area contributed by atoms with Crippen molar-refractivity contribution in [1.82, 2.24) is 0 Å². The highest BCUT2D eigenvalue weighted by molar-refractivity contribution is 5.89. The Morgan fingerprint density at radius 3 is 2.44 bits per heavy atom. The summed E-state index contributed by atoms with van der Waals surface area (Å²) in [5, 5.41) is 0. The van der Waals surface area contributed by atoms with Gasteiger partial charge in [-0.15, -0.1) is 0 Å². The van der Waals surface area contributed by atoms with Crippen LogP contribution in [0.3, 0.4) is 0 Å². The largest absolute Gasteiger partial charge is 0.423 e. The van der Waals surface area contributed by atoms with Crippen molar-refractivity contribution in [1.29, 1.82) is 0 Å². The predicted octanol–water partition coefficient (Wildman–Crippen LogP) is 4.43. The van der Waals surface area contributed by atoms with Gasteiger partial charge in [0.2, 0.25) is 0 Å². The van der Waals surface area contributed by atoms with Crippen molar-refractivity contribution in [2.75, 3.05) is 0 Å². The topological polar surface area (TPSA) is 26.3 Å². The molecule has 0 N–H and O–H groups in total. The van der Waals surface area contributed by atoms with Crippen molar-refractivity contribution in [2.24, 2.45) is 0 Å². The Balaban J connectivity index is 2.35. The van der Waals surface area contributed by atoms with Gasteiger partial charge < -0.3 is 4.74 Å². The number of aryl methyl sites for hydroxylation is 1. The summed E-state index contributed by atoms with van der Waals surface area (Å²) in [5.41, 5.74) is 1.71. The molecule has 1 aromatic carbocycles. The molecule has 0 amide bonds. The van der Waals surface area contributed by atoms with Gasteiger partial charge in [-0.3, -0.25) is 0 Å². The molecule has 1 aromatic rings. The molecule has 2 heteroatoms. The van der Waals surface area contributed by atoms with Crippen LogP contribution in [0, 0.1) is 6.92 Å². The first kappa shape index (κ1) is 14.5. The molecular weight excluding hydrogens is 224 g/mol. The number of carbonyl (C=O) groups excluding carboxylic acids is 1. The molecule has 2 nitrogen and oxygen atoms in total. The van der Waals surface area contributed by atoms with Gasteiger partial charge >= 0.3 is 5.97 Å². The van der Waals surface area contributed by atoms with E-state index >= 15 is 0 Å². The Kier molecular flexibility index (Phi) is 6.20. The van der Waals surface area contributed by atoms with Gasteiger partial charge in [-0.05, 0) is 31.9 Å². The molecule has 0 saturated carbocycles. The van der Waals surface area contributed by atoms with Gasteiger partial charge in [0.05, 0.1) is 0 Å². The second-order valence-electron chi connectivity index (χ2n) is 4.62. The first-order chi connectivity index (χ1) is 8.63. The van der Waals surface area contributed by atoms with Crippen LogP contribution < -0.4 is 4.74 Å². The van der Waals surface area contributed by atoms with Crippen LogP contribution in [0.4, 0.5) is 0 Å². The monoisotopic (exact) mass is 246 g/mol. The van der Waals surface area contributed by atoms with E-state index in [2.05, 4.69) is 13.5 Å². The average Bonchev–Trinajstić information content (AvgIpc) is 2.37. The highest BCUT2D eigenvalue weighted by atomic mass is 16.5. The maximum absolute atomic E-state index is 11.7. The molecule has 0 aromatic heterocycles. The van der Waals surface area contributed by atoms with Gasteiger partial charge in [0.25, 0.3) is 0 Å². The van der Waals surface area contributed by atoms with Crippen LogP contribution in [0.15, 0.2) is 36.4 Å². The minimum atomic E-state index is -0.310. The highest BCUT2D eigenvalue weighted by Gasteiger charge is 2.09. The van der Waals surface area contributed by atoms with Gasteiger partial charge in [0, 0.05) is 5.57 Å². The molecule has 18 heavy (non-hydrogen) atoms. The molecule has 0 fully saturated rings. The lowest BCUT2D eigenvalue weighted by Gasteiger charge is -2.06. The second-order valence-corrected chi connectivity index (χ2v) is 4.62. The van der Waals surface area contributed by atoms with Gasteiger partial charge in [0.15, 0.2) is 0 Å². The minimum Gasteiger partial charge on any atom is -0.423 e. The third kappa shape index (κ3) is 5.17. The van der Waals surface area contributed by atoms with E-state index in [4.69, 9.17) is 4.74 Å². The number of unbranched alkanes of at least 4 members (excludes halogenated alkanes) is 3. The van der Waals surface area contributed by atoms with E-state index in [1.807, 2.05) is 19.1 Å². The molecule has 0 saturated heterocycles. The molecule has 0 spiro atoms. The van der Waals surface area contributed by atoms with Crippen molar-refractivity contribution in [3.05, 3.63) is 42.0 Å². The third-order valence-corrected chi connectivity index (χ3v) is 2.85. The summed E-state index contributed by atoms with van der Waals surface area (Å²) in [4.78, 5) is 11.7. The number of rotatable bonds is 7. The molecule has 0 unspecified atom stereocenters. The molecule has 0 radical (unpaired) electrons. The predicted molar refractivity (Wildman–Crippen MR) is 74.7 cm³/mol. The third-order valence-electron chi connectivity index (χ3n) is 2.85. The van der Waals surface area contributed by atoms with Crippen molar-refractivity contribution in [3.63, 3.8) is 0 Å². The Hall–Kier alpha value is -1.57. The Morgan fingerprint density at radius 1 is 1.17 bits per heavy atom. The normalized spacial score (nSPS) is 10.1. The lowest BCUT2D eigenvalue weighted by atomic mass is 10.1. The van der Waals surface area contributed by atoms with Crippen molar-refractivity contribution in [2.45, 2.75) is 46.0 Å². The molecule has 0 aliphatic rings. The van der Waals surface area contributed by atoms with Gasteiger partial charge in [-0.25, -0.2) is 4.79 Å². The van der Waals surface area contributed by atoms with E-state index in [0.29, 0.717) is 11.3 Å². The first-order valence-electron chi connectivity index (χ1n) is 6.60. The Bertz CT molecular complexity index is 390. The van der Waals surface area contributed by atoms with Crippen LogP contribution in [-0.4, -0.2) is 5.97 Å². The highest BCUT2D eigenvalue weighted by Crippen LogP contribution is 2.15. The molecule has 98 valence electrons. The molecule has 1 rings (SSSR count). The van der Waals surface area contributed by atoms with Crippen molar-refractivity contribution < 1.29 is 9.53 Å². The second kappa shape index (κ2) is 7.70. The molecule has 0 aliphatic carbocycles. The van der Waals surface area contributed by atoms with Crippen LogP contribution in [0.5, 0.6) is 5.75 Å². The van der Waals surface area contributed by atoms with E-state index in [9.17, 15) is 4.79 Å². The van der Waals surface area contributed by atoms with E-state index in [-0.39, 0.29) is 5.97 Å². The zero-order chi connectivity index (χ0) is 13.4. The standard InChI is InChI=1S/C16H22O2/c1-4-5-6-7-8-14(3)16(17)18-15-11-9-13(2)10-12-15/h9-12H,3-8H2,1-2H3. The van der Waals surface area contributed by atoms with Gasteiger partial charge in [-0.2, -0.15) is 0 Å². The van der Waals surface area contributed by atoms with E-state index in [1.54, 1.807) is 12.1 Å². The number of ether oxygens (including phenoxy) is 1. The maximum atomic E-state index is 11.7. The average molecular weight is 246 g/mol. The van der Waals surface area contributed by atoms with Crippen molar-refractivity contribution >= 4 is 5.97 Å². The van der Waals surface area contributed by atoms with E-state index in [1.165, 1.54) is 12.8 Å². The van der Waals surface area contributed by atoms with Crippen molar-refractivity contribution in [3.8, 4) is 5.75 Å². The fourth-order valence-corrected chi connectivity index (χ4v) is 1.65. The molecule has 0 aliphatic heterocycles. The summed E-state index contributed by atoms with van der Waals surface area (Å²) in [6.07, 6.45) is 5.29. The summed E-state index contributed by atoms with van der Waals surface area (Å²) in [6, 6.07) is 7.45. The quantitative estimate of drug-likeness (QED) is 0.308. The van der Waals surface area contributed by atoms with Crippen LogP contribution >= 0.6 is 0 Å². The Labute approximate surface area is 110 Å². The summed E-state index contributed by atoms with van der Waals surface area (Å²) >= 11 is 0. The van der Waals surface area contributed by atoms with Gasteiger partial charge in [-0.1, -0.05) is 50.5 Å². The molecule has 0 bridgehead atoms. The van der Waals surface area contributed by atoms with Gasteiger partial charge in [0.1, 0.15) is 5.75 Å². The van der Waals surface area contributed by atoms with Crippen LogP contribution in [0.25, 0.3) is 0 Å². The lowest BCUT2D eigenvalue weighted by Crippen LogP contribution is -2.10.